The monoisotopic (exact) mass is 356 g/mol. The fourth-order valence-electron chi connectivity index (χ4n) is 3.13. The highest BCUT2D eigenvalue weighted by atomic mass is 32.1. The zero-order valence-corrected chi connectivity index (χ0v) is 14.7. The highest BCUT2D eigenvalue weighted by molar-refractivity contribution is 7.17. The maximum atomic E-state index is 11.8. The molecule has 0 saturated carbocycles. The minimum absolute atomic E-state index is 0.120. The third-order valence-corrected chi connectivity index (χ3v) is 5.45. The number of anilines is 1. The highest BCUT2D eigenvalue weighted by Gasteiger charge is 2.20. The number of hydrogen-bond donors (Lipinski definition) is 4. The Morgan fingerprint density at radius 1 is 1.36 bits per heavy atom. The maximum absolute atomic E-state index is 11.8. The number of piperidine rings is 1. The Morgan fingerprint density at radius 2 is 2.28 bits per heavy atom. The summed E-state index contributed by atoms with van der Waals surface area (Å²) in [6.07, 6.45) is 7.62. The van der Waals surface area contributed by atoms with E-state index in [0.29, 0.717) is 10.9 Å². The number of carbonyl (C=O) groups excluding carboxylic acids is 1. The molecule has 0 radical (unpaired) electrons. The number of nitrogens with zero attached hydrogens (tertiary/aromatic N) is 2. The number of fused-ring (bicyclic) bond motifs is 1. The largest absolute Gasteiger partial charge is 0.380 e. The quantitative estimate of drug-likeness (QED) is 0.575. The average Bonchev–Trinajstić information content (AvgIpc) is 3.31. The normalized spacial score (nSPS) is 17.6. The molecule has 130 valence electrons. The number of nitrogens with one attached hydrogen (secondary N) is 4. The summed E-state index contributed by atoms with van der Waals surface area (Å²) in [4.78, 5) is 24.6. The molecule has 0 aliphatic carbocycles. The van der Waals surface area contributed by atoms with Crippen LogP contribution in [0.1, 0.15) is 22.5 Å². The van der Waals surface area contributed by atoms with E-state index in [2.05, 4.69) is 30.9 Å². The first-order valence-electron chi connectivity index (χ1n) is 8.38. The molecule has 4 heterocycles. The fraction of sp³-hybridized carbons (Fsp3) is 0.353. The van der Waals surface area contributed by atoms with Crippen molar-refractivity contribution in [1.82, 2.24) is 25.6 Å². The Morgan fingerprint density at radius 3 is 3.08 bits per heavy atom. The van der Waals surface area contributed by atoms with E-state index in [4.69, 9.17) is 0 Å². The summed E-state index contributed by atoms with van der Waals surface area (Å²) in [6, 6.07) is 2.39. The van der Waals surface area contributed by atoms with Crippen molar-refractivity contribution in [1.29, 1.82) is 0 Å². The number of rotatable bonds is 4. The third-order valence-electron chi connectivity index (χ3n) is 4.42. The van der Waals surface area contributed by atoms with Crippen LogP contribution >= 0.6 is 11.3 Å². The van der Waals surface area contributed by atoms with Crippen LogP contribution in [-0.4, -0.2) is 47.0 Å². The van der Waals surface area contributed by atoms with Crippen LogP contribution in [-0.2, 0) is 0 Å². The van der Waals surface area contributed by atoms with Gasteiger partial charge in [0.1, 0.15) is 15.5 Å². The second-order valence-electron chi connectivity index (χ2n) is 6.08. The third kappa shape index (κ3) is 3.10. The molecule has 1 atom stereocenters. The minimum atomic E-state index is -0.120. The van der Waals surface area contributed by atoms with Crippen LogP contribution in [0.5, 0.6) is 0 Å². The van der Waals surface area contributed by atoms with Crippen molar-refractivity contribution in [3.8, 4) is 10.6 Å². The summed E-state index contributed by atoms with van der Waals surface area (Å²) in [7, 11) is 1.62. The first kappa shape index (κ1) is 16.0. The molecule has 1 saturated heterocycles. The van der Waals surface area contributed by atoms with E-state index in [1.54, 1.807) is 13.2 Å². The van der Waals surface area contributed by atoms with Gasteiger partial charge >= 0.3 is 0 Å². The first-order valence-corrected chi connectivity index (χ1v) is 9.19. The molecule has 1 amide bonds. The van der Waals surface area contributed by atoms with Crippen LogP contribution in [0.2, 0.25) is 0 Å². The molecule has 1 fully saturated rings. The van der Waals surface area contributed by atoms with Crippen molar-refractivity contribution >= 4 is 34.0 Å². The molecule has 0 bridgehead atoms. The molecule has 4 rings (SSSR count). The van der Waals surface area contributed by atoms with Gasteiger partial charge in [0.05, 0.1) is 17.4 Å². The van der Waals surface area contributed by atoms with Gasteiger partial charge in [-0.25, -0.2) is 9.97 Å². The van der Waals surface area contributed by atoms with Gasteiger partial charge in [-0.15, -0.1) is 11.3 Å². The predicted octanol–water partition coefficient (Wildman–Crippen LogP) is 2.21. The Hall–Kier alpha value is -2.45. The van der Waals surface area contributed by atoms with Gasteiger partial charge in [0.2, 0.25) is 0 Å². The highest BCUT2D eigenvalue weighted by Crippen LogP contribution is 2.36. The smallest absolute Gasteiger partial charge is 0.262 e. The Balaban J connectivity index is 1.75. The van der Waals surface area contributed by atoms with E-state index in [9.17, 15) is 4.79 Å². The Labute approximate surface area is 149 Å². The van der Waals surface area contributed by atoms with E-state index in [1.165, 1.54) is 11.3 Å². The molecule has 3 aromatic heterocycles. The van der Waals surface area contributed by atoms with Crippen molar-refractivity contribution in [2.45, 2.75) is 18.9 Å². The van der Waals surface area contributed by atoms with E-state index in [-0.39, 0.29) is 5.91 Å². The lowest BCUT2D eigenvalue weighted by molar-refractivity contribution is 0.0967. The van der Waals surface area contributed by atoms with Crippen LogP contribution in [0.3, 0.4) is 0 Å². The van der Waals surface area contributed by atoms with Gasteiger partial charge in [0.25, 0.3) is 5.91 Å². The maximum Gasteiger partial charge on any atom is 0.262 e. The molecule has 3 aromatic rings. The average molecular weight is 356 g/mol. The molecular weight excluding hydrogens is 336 g/mol. The summed E-state index contributed by atoms with van der Waals surface area (Å²) in [5, 5.41) is 11.6. The molecule has 8 heteroatoms. The molecule has 1 aliphatic rings. The fourth-order valence-corrected chi connectivity index (χ4v) is 4.01. The SMILES string of the molecule is CNC(=O)c1cnc(-c2cnc3[nH]ccc3c2NC2CCCNC2)s1. The molecule has 1 unspecified atom stereocenters. The van der Waals surface area contributed by atoms with Gasteiger partial charge < -0.3 is 20.9 Å². The van der Waals surface area contributed by atoms with Crippen LogP contribution in [0.25, 0.3) is 21.6 Å². The van der Waals surface area contributed by atoms with Crippen molar-refractivity contribution < 1.29 is 4.79 Å². The second kappa shape index (κ2) is 6.81. The minimum Gasteiger partial charge on any atom is -0.380 e. The Kier molecular flexibility index (Phi) is 4.37. The van der Waals surface area contributed by atoms with Crippen LogP contribution in [0.4, 0.5) is 5.69 Å². The number of pyridine rings is 1. The standard InChI is InChI=1S/C17H20N6OS/c1-18-16(24)13-9-22-17(25-13)12-8-21-15-11(4-6-20-15)14(12)23-10-3-2-5-19-7-10/h4,6,8-10,19H,2-3,5,7H2,1H3,(H,18,24)(H2,20,21,23). The number of aromatic amines is 1. The Bertz CT molecular complexity index is 896. The lowest BCUT2D eigenvalue weighted by atomic mass is 10.1. The van der Waals surface area contributed by atoms with Crippen LogP contribution < -0.4 is 16.0 Å². The number of amides is 1. The van der Waals surface area contributed by atoms with Crippen LogP contribution in [0, 0.1) is 0 Å². The summed E-state index contributed by atoms with van der Waals surface area (Å²) in [5.41, 5.74) is 2.80. The van der Waals surface area contributed by atoms with Crippen molar-refractivity contribution in [3.05, 3.63) is 29.5 Å². The van der Waals surface area contributed by atoms with Gasteiger partial charge in [-0.3, -0.25) is 4.79 Å². The van der Waals surface area contributed by atoms with Gasteiger partial charge in [0.15, 0.2) is 0 Å². The molecule has 0 aromatic carbocycles. The topological polar surface area (TPSA) is 94.7 Å². The van der Waals surface area contributed by atoms with Gasteiger partial charge in [0, 0.05) is 37.4 Å². The van der Waals surface area contributed by atoms with Gasteiger partial charge in [-0.05, 0) is 25.5 Å². The van der Waals surface area contributed by atoms with Gasteiger partial charge in [-0.1, -0.05) is 0 Å². The molecule has 4 N–H and O–H groups in total. The van der Waals surface area contributed by atoms with E-state index >= 15 is 0 Å². The van der Waals surface area contributed by atoms with E-state index in [1.807, 2.05) is 18.5 Å². The summed E-state index contributed by atoms with van der Waals surface area (Å²) < 4.78 is 0. The van der Waals surface area contributed by atoms with Crippen molar-refractivity contribution in [3.63, 3.8) is 0 Å². The zero-order chi connectivity index (χ0) is 17.2. The predicted molar refractivity (Wildman–Crippen MR) is 100 cm³/mol. The first-order chi connectivity index (χ1) is 12.3. The molecule has 1 aliphatic heterocycles. The molecule has 7 nitrogen and oxygen atoms in total. The van der Waals surface area contributed by atoms with Crippen LogP contribution in [0.15, 0.2) is 24.7 Å². The molecular formula is C17H20N6OS. The zero-order valence-electron chi connectivity index (χ0n) is 13.9. The number of thiazole rings is 1. The van der Waals surface area contributed by atoms with Crippen molar-refractivity contribution in [2.75, 3.05) is 25.5 Å². The van der Waals surface area contributed by atoms with E-state index < -0.39 is 0 Å². The lowest BCUT2D eigenvalue weighted by Gasteiger charge is -2.26. The number of H-pyrrole nitrogens is 1. The number of aromatic nitrogens is 3. The number of hydrogen-bond acceptors (Lipinski definition) is 6. The molecule has 25 heavy (non-hydrogen) atoms. The summed E-state index contributed by atoms with van der Waals surface area (Å²) >= 11 is 1.38. The summed E-state index contributed by atoms with van der Waals surface area (Å²) in [6.45, 7) is 2.01. The molecule has 0 spiro atoms. The second-order valence-corrected chi connectivity index (χ2v) is 7.11. The van der Waals surface area contributed by atoms with E-state index in [0.717, 1.165) is 53.2 Å². The lowest BCUT2D eigenvalue weighted by Crippen LogP contribution is -2.38. The number of carbonyl (C=O) groups is 1. The summed E-state index contributed by atoms with van der Waals surface area (Å²) in [5.74, 6) is -0.120. The van der Waals surface area contributed by atoms with Gasteiger partial charge in [-0.2, -0.15) is 0 Å². The van der Waals surface area contributed by atoms with Crippen molar-refractivity contribution in [2.24, 2.45) is 0 Å².